The number of hydrogen-bond acceptors (Lipinski definition) is 4. The Morgan fingerprint density at radius 2 is 1.90 bits per heavy atom. The lowest BCUT2D eigenvalue weighted by Gasteiger charge is -2.18. The lowest BCUT2D eigenvalue weighted by molar-refractivity contribution is 0.204. The molecule has 2 rings (SSSR count). The van der Waals surface area contributed by atoms with E-state index in [2.05, 4.69) is 9.97 Å². The third-order valence-corrected chi connectivity index (χ3v) is 2.58. The van der Waals surface area contributed by atoms with Crippen LogP contribution in [0.3, 0.4) is 0 Å². The first-order chi connectivity index (χ1) is 9.97. The largest absolute Gasteiger partial charge is 0.475 e. The summed E-state index contributed by atoms with van der Waals surface area (Å²) in [5.74, 6) is 0.430. The third-order valence-electron chi connectivity index (χ3n) is 2.58. The normalized spacial score (nSPS) is 10.5. The Hall–Kier alpha value is -2.63. The van der Waals surface area contributed by atoms with E-state index >= 15 is 0 Å². The highest BCUT2D eigenvalue weighted by molar-refractivity contribution is 5.92. The molecule has 2 aromatic rings. The summed E-state index contributed by atoms with van der Waals surface area (Å²) in [7, 11) is 0. The summed E-state index contributed by atoms with van der Waals surface area (Å²) in [6.07, 6.45) is -1.20. The Balaban J connectivity index is 2.46. The topological polar surface area (TPSA) is 75.5 Å². The first-order valence-corrected chi connectivity index (χ1v) is 6.58. The van der Waals surface area contributed by atoms with Gasteiger partial charge >= 0.3 is 6.09 Å². The molecular formula is C15H17N3O3. The average molecular weight is 287 g/mol. The molecule has 110 valence electrons. The monoisotopic (exact) mass is 287 g/mol. The zero-order chi connectivity index (χ0) is 15.4. The standard InChI is InChI=1S/C15H17N3O3/c1-10(2)21-13-9-11(3)16-14(17-13)18(15(19)20)12-7-5-4-6-8-12/h4-10H,1-3H3,(H,19,20). The fraction of sp³-hybridized carbons (Fsp3) is 0.267. The molecule has 1 heterocycles. The van der Waals surface area contributed by atoms with Crippen LogP contribution in [0.4, 0.5) is 16.4 Å². The molecule has 0 bridgehead atoms. The molecule has 0 aliphatic heterocycles. The van der Waals surface area contributed by atoms with Crippen molar-refractivity contribution in [2.24, 2.45) is 0 Å². The molecule has 1 N–H and O–H groups in total. The van der Waals surface area contributed by atoms with E-state index in [1.54, 1.807) is 37.3 Å². The van der Waals surface area contributed by atoms with Gasteiger partial charge in [-0.3, -0.25) is 0 Å². The van der Waals surface area contributed by atoms with Gasteiger partial charge in [0, 0.05) is 11.8 Å². The Morgan fingerprint density at radius 1 is 1.24 bits per heavy atom. The molecule has 1 aromatic carbocycles. The summed E-state index contributed by atoms with van der Waals surface area (Å²) in [5, 5.41) is 9.45. The molecule has 0 spiro atoms. The van der Waals surface area contributed by atoms with Crippen LogP contribution in [0, 0.1) is 6.92 Å². The van der Waals surface area contributed by atoms with Crippen molar-refractivity contribution in [1.29, 1.82) is 0 Å². The zero-order valence-electron chi connectivity index (χ0n) is 12.1. The minimum Gasteiger partial charge on any atom is -0.475 e. The second kappa shape index (κ2) is 6.21. The van der Waals surface area contributed by atoms with Crippen LogP contribution < -0.4 is 9.64 Å². The fourth-order valence-corrected chi connectivity index (χ4v) is 1.81. The van der Waals surface area contributed by atoms with Crippen molar-refractivity contribution in [3.8, 4) is 5.88 Å². The van der Waals surface area contributed by atoms with E-state index in [0.717, 1.165) is 4.90 Å². The minimum absolute atomic E-state index is 0.0536. The molecule has 1 amide bonds. The quantitative estimate of drug-likeness (QED) is 0.932. The van der Waals surface area contributed by atoms with Crippen LogP contribution in [0.25, 0.3) is 0 Å². The molecule has 21 heavy (non-hydrogen) atoms. The van der Waals surface area contributed by atoms with Gasteiger partial charge < -0.3 is 9.84 Å². The van der Waals surface area contributed by atoms with Gasteiger partial charge in [-0.15, -0.1) is 0 Å². The summed E-state index contributed by atoms with van der Waals surface area (Å²) >= 11 is 0. The molecule has 0 saturated heterocycles. The van der Waals surface area contributed by atoms with Crippen LogP contribution in [0.5, 0.6) is 5.88 Å². The van der Waals surface area contributed by atoms with Crippen molar-refractivity contribution < 1.29 is 14.6 Å². The maximum Gasteiger partial charge on any atom is 0.418 e. The summed E-state index contributed by atoms with van der Waals surface area (Å²) in [6.45, 7) is 5.52. The number of rotatable bonds is 4. The molecular weight excluding hydrogens is 270 g/mol. The average Bonchev–Trinajstić information content (AvgIpc) is 2.38. The number of carboxylic acid groups (broad SMARTS) is 1. The summed E-state index contributed by atoms with van der Waals surface area (Å²) in [4.78, 5) is 21.0. The zero-order valence-corrected chi connectivity index (χ0v) is 12.1. The number of nitrogens with zero attached hydrogens (tertiary/aromatic N) is 3. The van der Waals surface area contributed by atoms with Crippen LogP contribution in [-0.4, -0.2) is 27.3 Å². The van der Waals surface area contributed by atoms with Crippen LogP contribution in [0.2, 0.25) is 0 Å². The number of para-hydroxylation sites is 1. The van der Waals surface area contributed by atoms with Crippen molar-refractivity contribution in [2.45, 2.75) is 26.9 Å². The predicted molar refractivity (Wildman–Crippen MR) is 79.1 cm³/mol. The molecule has 1 aromatic heterocycles. The van der Waals surface area contributed by atoms with Crippen LogP contribution in [0.15, 0.2) is 36.4 Å². The van der Waals surface area contributed by atoms with Gasteiger partial charge in [0.2, 0.25) is 11.8 Å². The van der Waals surface area contributed by atoms with Gasteiger partial charge in [0.05, 0.1) is 11.8 Å². The van der Waals surface area contributed by atoms with Crippen molar-refractivity contribution in [3.05, 3.63) is 42.1 Å². The summed E-state index contributed by atoms with van der Waals surface area (Å²) < 4.78 is 5.53. The maximum atomic E-state index is 11.6. The van der Waals surface area contributed by atoms with Gasteiger partial charge in [0.1, 0.15) is 0 Å². The van der Waals surface area contributed by atoms with Gasteiger partial charge in [-0.05, 0) is 32.9 Å². The van der Waals surface area contributed by atoms with Crippen molar-refractivity contribution >= 4 is 17.7 Å². The third kappa shape index (κ3) is 3.68. The number of aryl methyl sites for hydroxylation is 1. The van der Waals surface area contributed by atoms with Gasteiger partial charge in [0.15, 0.2) is 0 Å². The number of ether oxygens (including phenoxy) is 1. The first kappa shape index (κ1) is 14.8. The smallest absolute Gasteiger partial charge is 0.418 e. The van der Waals surface area contributed by atoms with E-state index < -0.39 is 6.09 Å². The molecule has 0 atom stereocenters. The highest BCUT2D eigenvalue weighted by Crippen LogP contribution is 2.24. The maximum absolute atomic E-state index is 11.6. The SMILES string of the molecule is Cc1cc(OC(C)C)nc(N(C(=O)O)c2ccccc2)n1. The predicted octanol–water partition coefficient (Wildman–Crippen LogP) is 3.39. The Bertz CT molecular complexity index is 629. The van der Waals surface area contributed by atoms with Crippen LogP contribution >= 0.6 is 0 Å². The van der Waals surface area contributed by atoms with Crippen LogP contribution in [0.1, 0.15) is 19.5 Å². The second-order valence-electron chi connectivity index (χ2n) is 4.77. The highest BCUT2D eigenvalue weighted by Gasteiger charge is 2.21. The van der Waals surface area contributed by atoms with Crippen molar-refractivity contribution in [3.63, 3.8) is 0 Å². The molecule has 0 fully saturated rings. The lowest BCUT2D eigenvalue weighted by atomic mass is 10.3. The number of benzene rings is 1. The molecule has 0 saturated carbocycles. The summed E-state index contributed by atoms with van der Waals surface area (Å²) in [6, 6.07) is 10.4. The minimum atomic E-state index is -1.15. The molecule has 6 nitrogen and oxygen atoms in total. The molecule has 0 unspecified atom stereocenters. The van der Waals surface area contributed by atoms with Crippen LogP contribution in [-0.2, 0) is 0 Å². The first-order valence-electron chi connectivity index (χ1n) is 6.58. The van der Waals surface area contributed by atoms with E-state index in [0.29, 0.717) is 17.3 Å². The van der Waals surface area contributed by atoms with E-state index in [1.807, 2.05) is 19.9 Å². The van der Waals surface area contributed by atoms with Gasteiger partial charge in [-0.1, -0.05) is 18.2 Å². The second-order valence-corrected chi connectivity index (χ2v) is 4.77. The fourth-order valence-electron chi connectivity index (χ4n) is 1.81. The van der Waals surface area contributed by atoms with Gasteiger partial charge in [0.25, 0.3) is 0 Å². The highest BCUT2D eigenvalue weighted by atomic mass is 16.5. The number of aromatic nitrogens is 2. The Labute approximate surface area is 123 Å². The van der Waals surface area contributed by atoms with E-state index in [-0.39, 0.29) is 12.1 Å². The van der Waals surface area contributed by atoms with E-state index in [9.17, 15) is 9.90 Å². The Kier molecular flexibility index (Phi) is 4.37. The number of amides is 1. The number of carbonyl (C=O) groups is 1. The van der Waals surface area contributed by atoms with Gasteiger partial charge in [-0.2, -0.15) is 4.98 Å². The molecule has 0 aliphatic carbocycles. The van der Waals surface area contributed by atoms with E-state index in [4.69, 9.17) is 4.74 Å². The number of anilines is 2. The summed E-state index contributed by atoms with van der Waals surface area (Å²) in [5.41, 5.74) is 1.11. The lowest BCUT2D eigenvalue weighted by Crippen LogP contribution is -2.26. The van der Waals surface area contributed by atoms with Gasteiger partial charge in [-0.25, -0.2) is 14.7 Å². The van der Waals surface area contributed by atoms with Crippen molar-refractivity contribution in [1.82, 2.24) is 9.97 Å². The number of hydrogen-bond donors (Lipinski definition) is 1. The van der Waals surface area contributed by atoms with E-state index in [1.165, 1.54) is 0 Å². The molecule has 0 radical (unpaired) electrons. The van der Waals surface area contributed by atoms with Crippen molar-refractivity contribution in [2.75, 3.05) is 4.90 Å². The Morgan fingerprint density at radius 3 is 2.48 bits per heavy atom. The molecule has 6 heteroatoms. The molecule has 0 aliphatic rings.